The van der Waals surface area contributed by atoms with Crippen LogP contribution < -0.4 is 0 Å². The molecule has 1 N–H and O–H groups in total. The van der Waals surface area contributed by atoms with Crippen LogP contribution in [0.4, 0.5) is 0 Å². The molecular weight excluding hydrogens is 270 g/mol. The fraction of sp³-hybridized carbons (Fsp3) is 0.917. The van der Waals surface area contributed by atoms with Crippen molar-refractivity contribution in [3.8, 4) is 0 Å². The van der Waals surface area contributed by atoms with Crippen molar-refractivity contribution >= 4 is 21.8 Å². The molecule has 1 fully saturated rings. The quantitative estimate of drug-likeness (QED) is 0.805. The highest BCUT2D eigenvalue weighted by Crippen LogP contribution is 2.23. The van der Waals surface area contributed by atoms with Crippen LogP contribution in [0, 0.1) is 11.8 Å². The molecule has 1 amide bonds. The van der Waals surface area contributed by atoms with Gasteiger partial charge in [0.05, 0.1) is 4.83 Å². The Morgan fingerprint density at radius 2 is 2.25 bits per heavy atom. The number of aliphatic hydroxyl groups excluding tert-OH is 1. The summed E-state index contributed by atoms with van der Waals surface area (Å²) in [6, 6.07) is 0. The first kappa shape index (κ1) is 14.0. The molecule has 0 bridgehead atoms. The number of aliphatic hydroxyl groups is 1. The molecule has 0 radical (unpaired) electrons. The van der Waals surface area contributed by atoms with E-state index in [9.17, 15) is 4.79 Å². The third-order valence-corrected chi connectivity index (χ3v) is 4.64. The molecule has 0 aromatic rings. The van der Waals surface area contributed by atoms with E-state index in [1.165, 1.54) is 0 Å². The third kappa shape index (κ3) is 3.74. The Morgan fingerprint density at radius 1 is 1.56 bits per heavy atom. The summed E-state index contributed by atoms with van der Waals surface area (Å²) in [4.78, 5) is 14.0. The van der Waals surface area contributed by atoms with Gasteiger partial charge in [0.1, 0.15) is 0 Å². The SMILES string of the molecule is CC(C)C(Br)C(=O)N1CCCC(CCO)C1. The summed E-state index contributed by atoms with van der Waals surface area (Å²) in [7, 11) is 0. The van der Waals surface area contributed by atoms with Crippen molar-refractivity contribution in [1.82, 2.24) is 4.90 Å². The Bertz CT molecular complexity index is 231. The van der Waals surface area contributed by atoms with Gasteiger partial charge in [0.2, 0.25) is 5.91 Å². The third-order valence-electron chi connectivity index (χ3n) is 3.19. The van der Waals surface area contributed by atoms with Gasteiger partial charge in [-0.05, 0) is 31.1 Å². The maximum absolute atomic E-state index is 12.1. The van der Waals surface area contributed by atoms with E-state index in [2.05, 4.69) is 15.9 Å². The second-order valence-electron chi connectivity index (χ2n) is 4.95. The zero-order valence-corrected chi connectivity index (χ0v) is 11.7. The number of hydrogen-bond donors (Lipinski definition) is 1. The lowest BCUT2D eigenvalue weighted by atomic mass is 9.94. The summed E-state index contributed by atoms with van der Waals surface area (Å²) in [6.07, 6.45) is 3.02. The molecule has 16 heavy (non-hydrogen) atoms. The maximum Gasteiger partial charge on any atom is 0.236 e. The molecule has 0 aliphatic carbocycles. The fourth-order valence-corrected chi connectivity index (χ4v) is 2.43. The van der Waals surface area contributed by atoms with Crippen LogP contribution in [-0.4, -0.2) is 40.4 Å². The van der Waals surface area contributed by atoms with Crippen molar-refractivity contribution in [3.05, 3.63) is 0 Å². The number of carbonyl (C=O) groups is 1. The molecule has 2 atom stereocenters. The molecule has 2 unspecified atom stereocenters. The van der Waals surface area contributed by atoms with E-state index in [0.717, 1.165) is 32.4 Å². The Morgan fingerprint density at radius 3 is 2.81 bits per heavy atom. The minimum atomic E-state index is -0.0691. The van der Waals surface area contributed by atoms with Gasteiger partial charge in [-0.3, -0.25) is 4.79 Å². The summed E-state index contributed by atoms with van der Waals surface area (Å²) in [5.74, 6) is 1.01. The van der Waals surface area contributed by atoms with E-state index in [-0.39, 0.29) is 17.3 Å². The topological polar surface area (TPSA) is 40.5 Å². The monoisotopic (exact) mass is 291 g/mol. The van der Waals surface area contributed by atoms with E-state index >= 15 is 0 Å². The van der Waals surface area contributed by atoms with Gasteiger partial charge >= 0.3 is 0 Å². The highest BCUT2D eigenvalue weighted by molar-refractivity contribution is 9.10. The lowest BCUT2D eigenvalue weighted by molar-refractivity contribution is -0.133. The smallest absolute Gasteiger partial charge is 0.236 e. The number of likely N-dealkylation sites (tertiary alicyclic amines) is 1. The summed E-state index contributed by atoms with van der Waals surface area (Å²) < 4.78 is 0. The standard InChI is InChI=1S/C12H22BrNO2/c1-9(2)11(13)12(16)14-6-3-4-10(8-14)5-7-15/h9-11,15H,3-8H2,1-2H3. The number of carbonyl (C=O) groups excluding carboxylic acids is 1. The van der Waals surface area contributed by atoms with Gasteiger partial charge in [-0.2, -0.15) is 0 Å². The molecule has 0 spiro atoms. The Balaban J connectivity index is 2.49. The van der Waals surface area contributed by atoms with Crippen molar-refractivity contribution < 1.29 is 9.90 Å². The summed E-state index contributed by atoms with van der Waals surface area (Å²) in [6.45, 7) is 6.01. The van der Waals surface area contributed by atoms with Crippen LogP contribution in [0.2, 0.25) is 0 Å². The summed E-state index contributed by atoms with van der Waals surface area (Å²) in [5, 5.41) is 8.93. The van der Waals surface area contributed by atoms with Gasteiger partial charge in [-0.15, -0.1) is 0 Å². The van der Waals surface area contributed by atoms with Crippen molar-refractivity contribution in [2.75, 3.05) is 19.7 Å². The Labute approximate surface area is 106 Å². The van der Waals surface area contributed by atoms with Gasteiger partial charge in [0.15, 0.2) is 0 Å². The van der Waals surface area contributed by atoms with Crippen LogP contribution in [0.1, 0.15) is 33.1 Å². The molecular formula is C12H22BrNO2. The zero-order valence-electron chi connectivity index (χ0n) is 10.2. The number of halogens is 1. The van der Waals surface area contributed by atoms with Gasteiger partial charge in [-0.25, -0.2) is 0 Å². The minimum absolute atomic E-state index is 0.0691. The molecule has 1 saturated heterocycles. The van der Waals surface area contributed by atoms with Gasteiger partial charge in [0.25, 0.3) is 0 Å². The number of hydrogen-bond acceptors (Lipinski definition) is 2. The van der Waals surface area contributed by atoms with Crippen LogP contribution >= 0.6 is 15.9 Å². The highest BCUT2D eigenvalue weighted by atomic mass is 79.9. The molecule has 1 rings (SSSR count). The average molecular weight is 292 g/mol. The molecule has 1 aliphatic rings. The molecule has 0 saturated carbocycles. The van der Waals surface area contributed by atoms with Gasteiger partial charge in [-0.1, -0.05) is 29.8 Å². The van der Waals surface area contributed by atoms with Gasteiger partial charge < -0.3 is 10.0 Å². The van der Waals surface area contributed by atoms with Crippen LogP contribution in [0.5, 0.6) is 0 Å². The number of piperidine rings is 1. The second-order valence-corrected chi connectivity index (χ2v) is 5.94. The van der Waals surface area contributed by atoms with Crippen molar-refractivity contribution in [1.29, 1.82) is 0 Å². The molecule has 1 aliphatic heterocycles. The fourth-order valence-electron chi connectivity index (χ4n) is 2.14. The minimum Gasteiger partial charge on any atom is -0.396 e. The first-order valence-corrected chi connectivity index (χ1v) is 7.01. The van der Waals surface area contributed by atoms with E-state index in [0.29, 0.717) is 11.8 Å². The summed E-state index contributed by atoms with van der Waals surface area (Å²) >= 11 is 3.46. The molecule has 94 valence electrons. The van der Waals surface area contributed by atoms with E-state index in [4.69, 9.17) is 5.11 Å². The molecule has 3 nitrogen and oxygen atoms in total. The number of nitrogens with zero attached hydrogens (tertiary/aromatic N) is 1. The molecule has 0 aromatic carbocycles. The normalized spacial score (nSPS) is 23.6. The second kappa shape index (κ2) is 6.60. The maximum atomic E-state index is 12.1. The number of rotatable bonds is 4. The lowest BCUT2D eigenvalue weighted by Crippen LogP contribution is -2.44. The predicted octanol–water partition coefficient (Wildman–Crippen LogP) is 2.03. The predicted molar refractivity (Wildman–Crippen MR) is 68.6 cm³/mol. The van der Waals surface area contributed by atoms with Crippen molar-refractivity contribution in [2.45, 2.75) is 37.9 Å². The van der Waals surface area contributed by atoms with E-state index < -0.39 is 0 Å². The molecule has 1 heterocycles. The molecule has 4 heteroatoms. The number of amides is 1. The Hall–Kier alpha value is -0.0900. The first-order valence-electron chi connectivity index (χ1n) is 6.10. The largest absolute Gasteiger partial charge is 0.396 e. The van der Waals surface area contributed by atoms with E-state index in [1.54, 1.807) is 0 Å². The lowest BCUT2D eigenvalue weighted by Gasteiger charge is -2.34. The zero-order chi connectivity index (χ0) is 12.1. The molecule has 0 aromatic heterocycles. The van der Waals surface area contributed by atoms with Crippen molar-refractivity contribution in [2.24, 2.45) is 11.8 Å². The van der Waals surface area contributed by atoms with E-state index in [1.807, 2.05) is 18.7 Å². The van der Waals surface area contributed by atoms with Crippen LogP contribution in [0.15, 0.2) is 0 Å². The van der Waals surface area contributed by atoms with Crippen molar-refractivity contribution in [3.63, 3.8) is 0 Å². The van der Waals surface area contributed by atoms with Crippen LogP contribution in [-0.2, 0) is 4.79 Å². The highest BCUT2D eigenvalue weighted by Gasteiger charge is 2.28. The number of alkyl halides is 1. The van der Waals surface area contributed by atoms with Gasteiger partial charge in [0, 0.05) is 19.7 Å². The van der Waals surface area contributed by atoms with Crippen LogP contribution in [0.3, 0.4) is 0 Å². The summed E-state index contributed by atoms with van der Waals surface area (Å²) in [5.41, 5.74) is 0. The average Bonchev–Trinajstić information content (AvgIpc) is 2.28. The Kier molecular flexibility index (Phi) is 5.76. The first-order chi connectivity index (χ1) is 7.56. The van der Waals surface area contributed by atoms with Crippen LogP contribution in [0.25, 0.3) is 0 Å².